The molecule has 0 radical (unpaired) electrons. The van der Waals surface area contributed by atoms with Crippen molar-refractivity contribution in [2.45, 2.75) is 6.42 Å². The monoisotopic (exact) mass is 425 g/mol. The molecule has 30 heavy (non-hydrogen) atoms. The second-order valence-electron chi connectivity index (χ2n) is 7.20. The standard InChI is InChI=1S/C23H24ClN3O3/c1-29-21-12-20(22(30-2)11-18(21)24)26-23(28)14-27-9-7-15(8-10-27)17-13-25-19-6-4-3-5-16(17)19/h3-7,11-13,25H,8-10,14H2,1-2H3,(H,26,28). The largest absolute Gasteiger partial charge is 0.495 e. The molecule has 0 unspecified atom stereocenters. The van der Waals surface area contributed by atoms with Crippen LogP contribution in [0.5, 0.6) is 11.5 Å². The van der Waals surface area contributed by atoms with E-state index in [4.69, 9.17) is 21.1 Å². The predicted octanol–water partition coefficient (Wildman–Crippen LogP) is 4.57. The summed E-state index contributed by atoms with van der Waals surface area (Å²) in [7, 11) is 3.07. The van der Waals surface area contributed by atoms with E-state index in [-0.39, 0.29) is 5.91 Å². The number of methoxy groups -OCH3 is 2. The molecule has 1 aliphatic rings. The van der Waals surface area contributed by atoms with Crippen LogP contribution in [0.15, 0.2) is 48.7 Å². The third-order valence-corrected chi connectivity index (χ3v) is 5.64. The van der Waals surface area contributed by atoms with Crippen LogP contribution in [0.2, 0.25) is 5.02 Å². The van der Waals surface area contributed by atoms with Gasteiger partial charge in [-0.25, -0.2) is 0 Å². The van der Waals surface area contributed by atoms with E-state index in [2.05, 4.69) is 45.7 Å². The fourth-order valence-electron chi connectivity index (χ4n) is 3.79. The molecular weight excluding hydrogens is 402 g/mol. The zero-order valence-corrected chi connectivity index (χ0v) is 17.8. The Morgan fingerprint density at radius 2 is 2.00 bits per heavy atom. The number of aromatic nitrogens is 1. The fraction of sp³-hybridized carbons (Fsp3) is 0.261. The number of amides is 1. The van der Waals surface area contributed by atoms with Gasteiger partial charge in [-0.1, -0.05) is 35.9 Å². The number of halogens is 1. The number of nitrogens with one attached hydrogen (secondary N) is 2. The number of fused-ring (bicyclic) bond motifs is 1. The summed E-state index contributed by atoms with van der Waals surface area (Å²) >= 11 is 6.13. The third-order valence-electron chi connectivity index (χ3n) is 5.34. The van der Waals surface area contributed by atoms with Crippen molar-refractivity contribution in [2.24, 2.45) is 0 Å². The van der Waals surface area contributed by atoms with E-state index in [0.29, 0.717) is 28.8 Å². The van der Waals surface area contributed by atoms with Crippen LogP contribution in [0.4, 0.5) is 5.69 Å². The summed E-state index contributed by atoms with van der Waals surface area (Å²) in [5.74, 6) is 0.868. The Bertz CT molecular complexity index is 1110. The van der Waals surface area contributed by atoms with Crippen LogP contribution < -0.4 is 14.8 Å². The van der Waals surface area contributed by atoms with Gasteiger partial charge in [0.15, 0.2) is 0 Å². The second kappa shape index (κ2) is 8.81. The molecule has 6 nitrogen and oxygen atoms in total. The Hall–Kier alpha value is -2.96. The first-order chi connectivity index (χ1) is 14.6. The van der Waals surface area contributed by atoms with Crippen molar-refractivity contribution < 1.29 is 14.3 Å². The Labute approximate surface area is 180 Å². The highest BCUT2D eigenvalue weighted by Crippen LogP contribution is 2.36. The van der Waals surface area contributed by atoms with Crippen molar-refractivity contribution in [1.29, 1.82) is 0 Å². The van der Waals surface area contributed by atoms with Crippen LogP contribution in [0.25, 0.3) is 16.5 Å². The minimum absolute atomic E-state index is 0.110. The number of ether oxygens (including phenoxy) is 2. The molecule has 0 saturated carbocycles. The lowest BCUT2D eigenvalue weighted by molar-refractivity contribution is -0.117. The van der Waals surface area contributed by atoms with E-state index >= 15 is 0 Å². The average Bonchev–Trinajstić information content (AvgIpc) is 3.19. The number of anilines is 1. The van der Waals surface area contributed by atoms with Gasteiger partial charge in [0.25, 0.3) is 0 Å². The lowest BCUT2D eigenvalue weighted by Crippen LogP contribution is -2.36. The summed E-state index contributed by atoms with van der Waals surface area (Å²) < 4.78 is 10.6. The van der Waals surface area contributed by atoms with Gasteiger partial charge in [0, 0.05) is 47.9 Å². The topological polar surface area (TPSA) is 66.6 Å². The Morgan fingerprint density at radius 1 is 1.20 bits per heavy atom. The molecule has 156 valence electrons. The summed E-state index contributed by atoms with van der Waals surface area (Å²) in [4.78, 5) is 18.1. The number of nitrogens with zero attached hydrogens (tertiary/aromatic N) is 1. The van der Waals surface area contributed by atoms with Crippen LogP contribution in [-0.2, 0) is 4.79 Å². The molecule has 2 N–H and O–H groups in total. The summed E-state index contributed by atoms with van der Waals surface area (Å²) in [5.41, 5.74) is 4.24. The molecule has 0 spiro atoms. The van der Waals surface area contributed by atoms with Crippen LogP contribution >= 0.6 is 11.6 Å². The first kappa shape index (κ1) is 20.3. The summed E-state index contributed by atoms with van der Waals surface area (Å²) in [6.07, 6.45) is 5.17. The van der Waals surface area contributed by atoms with E-state index in [1.54, 1.807) is 12.1 Å². The zero-order chi connectivity index (χ0) is 21.1. The Kier molecular flexibility index (Phi) is 5.97. The molecule has 0 fully saturated rings. The maximum Gasteiger partial charge on any atom is 0.238 e. The molecule has 7 heteroatoms. The molecule has 4 rings (SSSR count). The molecule has 1 aromatic heterocycles. The predicted molar refractivity (Wildman–Crippen MR) is 121 cm³/mol. The summed E-state index contributed by atoms with van der Waals surface area (Å²) in [6, 6.07) is 11.6. The third kappa shape index (κ3) is 4.15. The van der Waals surface area contributed by atoms with Gasteiger partial charge in [-0.3, -0.25) is 9.69 Å². The number of hydrogen-bond donors (Lipinski definition) is 2. The molecule has 2 aromatic carbocycles. The first-order valence-electron chi connectivity index (χ1n) is 9.78. The molecular formula is C23H24ClN3O3. The van der Waals surface area contributed by atoms with Gasteiger partial charge in [-0.2, -0.15) is 0 Å². The number of aromatic amines is 1. The Morgan fingerprint density at radius 3 is 2.73 bits per heavy atom. The number of para-hydroxylation sites is 1. The molecule has 0 atom stereocenters. The maximum absolute atomic E-state index is 12.6. The van der Waals surface area contributed by atoms with Crippen LogP contribution in [0.3, 0.4) is 0 Å². The van der Waals surface area contributed by atoms with E-state index in [9.17, 15) is 4.79 Å². The van der Waals surface area contributed by atoms with Crippen LogP contribution in [0, 0.1) is 0 Å². The van der Waals surface area contributed by atoms with Crippen molar-refractivity contribution >= 4 is 39.7 Å². The van der Waals surface area contributed by atoms with Gasteiger partial charge in [-0.05, 0) is 18.1 Å². The normalized spacial score (nSPS) is 14.4. The number of rotatable bonds is 6. The van der Waals surface area contributed by atoms with Crippen molar-refractivity contribution in [1.82, 2.24) is 9.88 Å². The minimum Gasteiger partial charge on any atom is -0.495 e. The number of benzene rings is 2. The number of carbonyl (C=O) groups is 1. The van der Waals surface area contributed by atoms with Crippen LogP contribution in [-0.4, -0.2) is 49.6 Å². The average molecular weight is 426 g/mol. The quantitative estimate of drug-likeness (QED) is 0.607. The molecule has 3 aromatic rings. The van der Waals surface area contributed by atoms with E-state index < -0.39 is 0 Å². The SMILES string of the molecule is COc1cc(NC(=O)CN2CC=C(c3c[nH]c4ccccc34)CC2)c(OC)cc1Cl. The van der Waals surface area contributed by atoms with Gasteiger partial charge in [0.05, 0.1) is 31.5 Å². The van der Waals surface area contributed by atoms with Crippen molar-refractivity contribution in [3.05, 3.63) is 59.3 Å². The van der Waals surface area contributed by atoms with E-state index in [1.807, 2.05) is 6.07 Å². The van der Waals surface area contributed by atoms with Gasteiger partial charge < -0.3 is 19.8 Å². The highest BCUT2D eigenvalue weighted by atomic mass is 35.5. The van der Waals surface area contributed by atoms with Crippen molar-refractivity contribution in [3.63, 3.8) is 0 Å². The Balaban J connectivity index is 1.41. The van der Waals surface area contributed by atoms with Crippen molar-refractivity contribution in [2.75, 3.05) is 39.2 Å². The summed E-state index contributed by atoms with van der Waals surface area (Å²) in [6.45, 7) is 1.84. The second-order valence-corrected chi connectivity index (χ2v) is 7.60. The van der Waals surface area contributed by atoms with E-state index in [1.165, 1.54) is 30.7 Å². The maximum atomic E-state index is 12.6. The summed E-state index contributed by atoms with van der Waals surface area (Å²) in [5, 5.41) is 4.57. The zero-order valence-electron chi connectivity index (χ0n) is 17.0. The van der Waals surface area contributed by atoms with Gasteiger partial charge in [0.1, 0.15) is 11.5 Å². The molecule has 1 amide bonds. The van der Waals surface area contributed by atoms with Crippen molar-refractivity contribution in [3.8, 4) is 11.5 Å². The van der Waals surface area contributed by atoms with Gasteiger partial charge in [-0.15, -0.1) is 0 Å². The highest BCUT2D eigenvalue weighted by molar-refractivity contribution is 6.32. The minimum atomic E-state index is -0.110. The van der Waals surface area contributed by atoms with Gasteiger partial charge in [0.2, 0.25) is 5.91 Å². The van der Waals surface area contributed by atoms with Crippen LogP contribution in [0.1, 0.15) is 12.0 Å². The molecule has 0 saturated heterocycles. The molecule has 1 aliphatic heterocycles. The molecule has 2 heterocycles. The number of hydrogen-bond acceptors (Lipinski definition) is 4. The number of carbonyl (C=O) groups excluding carboxylic acids is 1. The van der Waals surface area contributed by atoms with E-state index in [0.717, 1.165) is 25.0 Å². The highest BCUT2D eigenvalue weighted by Gasteiger charge is 2.19. The molecule has 0 bridgehead atoms. The smallest absolute Gasteiger partial charge is 0.238 e. The fourth-order valence-corrected chi connectivity index (χ4v) is 4.02. The number of H-pyrrole nitrogens is 1. The lowest BCUT2D eigenvalue weighted by atomic mass is 9.99. The first-order valence-corrected chi connectivity index (χ1v) is 10.2. The lowest BCUT2D eigenvalue weighted by Gasteiger charge is -2.26. The molecule has 0 aliphatic carbocycles. The van der Waals surface area contributed by atoms with Gasteiger partial charge >= 0.3 is 0 Å².